The molecule has 0 aliphatic rings. The fraction of sp³-hybridized carbons (Fsp3) is 0.529. The van der Waals surface area contributed by atoms with Gasteiger partial charge in [0.05, 0.1) is 7.11 Å². The molecular formula is C17H23ClF3NO2. The van der Waals surface area contributed by atoms with Crippen molar-refractivity contribution < 1.29 is 22.6 Å². The molecule has 0 aromatic heterocycles. The molecule has 0 heterocycles. The van der Waals surface area contributed by atoms with Crippen LogP contribution in [-0.2, 0) is 4.74 Å². The molecule has 1 unspecified atom stereocenters. The van der Waals surface area contributed by atoms with Crippen LogP contribution < -0.4 is 10.1 Å². The van der Waals surface area contributed by atoms with Crippen LogP contribution in [0.3, 0.4) is 0 Å². The van der Waals surface area contributed by atoms with Gasteiger partial charge in [0, 0.05) is 17.6 Å². The van der Waals surface area contributed by atoms with Gasteiger partial charge in [0.15, 0.2) is 0 Å². The molecule has 1 aromatic carbocycles. The highest BCUT2D eigenvalue weighted by Gasteiger charge is 2.36. The van der Waals surface area contributed by atoms with Gasteiger partial charge in [-0.05, 0) is 44.5 Å². The van der Waals surface area contributed by atoms with E-state index in [-0.39, 0.29) is 17.7 Å². The fourth-order valence-corrected chi connectivity index (χ4v) is 2.55. The number of rotatable bonds is 7. The number of alkyl halides is 4. The Kier molecular flexibility index (Phi) is 6.45. The van der Waals surface area contributed by atoms with E-state index < -0.39 is 11.2 Å². The number of halogens is 4. The van der Waals surface area contributed by atoms with Crippen LogP contribution in [0.2, 0.25) is 0 Å². The van der Waals surface area contributed by atoms with Gasteiger partial charge in [-0.25, -0.2) is 0 Å². The maximum Gasteiger partial charge on any atom is 0.573 e. The van der Waals surface area contributed by atoms with Crippen LogP contribution >= 0.6 is 11.6 Å². The molecule has 0 saturated carbocycles. The molecule has 0 radical (unpaired) electrons. The summed E-state index contributed by atoms with van der Waals surface area (Å²) < 4.78 is 45.8. The monoisotopic (exact) mass is 365 g/mol. The second kappa shape index (κ2) is 7.55. The van der Waals surface area contributed by atoms with Crippen molar-refractivity contribution in [3.63, 3.8) is 0 Å². The molecule has 3 nitrogen and oxygen atoms in total. The molecule has 0 aliphatic heterocycles. The Morgan fingerprint density at radius 1 is 1.29 bits per heavy atom. The number of hydrogen-bond donors (Lipinski definition) is 1. The number of methoxy groups -OCH3 is 1. The summed E-state index contributed by atoms with van der Waals surface area (Å²) in [5, 5.41) is 3.27. The minimum atomic E-state index is -4.70. The number of anilines is 1. The minimum absolute atomic E-state index is 0.0582. The largest absolute Gasteiger partial charge is 0.573 e. The van der Waals surface area contributed by atoms with Crippen LogP contribution in [0.15, 0.2) is 30.5 Å². The zero-order valence-electron chi connectivity index (χ0n) is 14.4. The van der Waals surface area contributed by atoms with Gasteiger partial charge in [-0.1, -0.05) is 13.5 Å². The Labute approximate surface area is 145 Å². The molecule has 1 N–H and O–H groups in total. The lowest BCUT2D eigenvalue weighted by Gasteiger charge is -2.35. The van der Waals surface area contributed by atoms with Crippen molar-refractivity contribution in [2.45, 2.75) is 45.0 Å². The molecule has 1 aromatic rings. The first-order chi connectivity index (χ1) is 10.9. The van der Waals surface area contributed by atoms with Crippen LogP contribution in [0.1, 0.15) is 26.3 Å². The first-order valence-corrected chi connectivity index (χ1v) is 7.81. The molecule has 1 rings (SSSR count). The molecule has 136 valence electrons. The Morgan fingerprint density at radius 3 is 2.33 bits per heavy atom. The maximum atomic E-state index is 12.3. The van der Waals surface area contributed by atoms with Crippen LogP contribution in [0.4, 0.5) is 18.9 Å². The van der Waals surface area contributed by atoms with Gasteiger partial charge in [0.2, 0.25) is 0 Å². The summed E-state index contributed by atoms with van der Waals surface area (Å²) in [5.74, 6) is 0.147. The van der Waals surface area contributed by atoms with Crippen molar-refractivity contribution in [1.82, 2.24) is 0 Å². The quantitative estimate of drug-likeness (QED) is 0.512. The first kappa shape index (κ1) is 20.5. The van der Waals surface area contributed by atoms with Gasteiger partial charge in [-0.3, -0.25) is 0 Å². The number of benzene rings is 1. The molecule has 24 heavy (non-hydrogen) atoms. The van der Waals surface area contributed by atoms with E-state index in [1.54, 1.807) is 13.0 Å². The SMILES string of the molecule is C=C(OC)C(C)(Cl)[C@H](C)[C@H](C)Nc1ccc(OC(F)(F)F)cc1C. The van der Waals surface area contributed by atoms with E-state index >= 15 is 0 Å². The van der Waals surface area contributed by atoms with Gasteiger partial charge in [0.25, 0.3) is 0 Å². The van der Waals surface area contributed by atoms with Crippen molar-refractivity contribution in [2.75, 3.05) is 12.4 Å². The highest BCUT2D eigenvalue weighted by molar-refractivity contribution is 6.25. The molecule has 0 aliphatic carbocycles. The van der Waals surface area contributed by atoms with E-state index in [1.165, 1.54) is 19.2 Å². The number of nitrogens with one attached hydrogen (secondary N) is 1. The second-order valence-electron chi connectivity index (χ2n) is 5.95. The highest BCUT2D eigenvalue weighted by Crippen LogP contribution is 2.36. The smallest absolute Gasteiger partial charge is 0.500 e. The zero-order chi connectivity index (χ0) is 18.7. The summed E-state index contributed by atoms with van der Waals surface area (Å²) in [6, 6.07) is 4.08. The summed E-state index contributed by atoms with van der Waals surface area (Å²) in [6.07, 6.45) is -4.70. The lowest BCUT2D eigenvalue weighted by Crippen LogP contribution is -2.39. The van der Waals surface area contributed by atoms with E-state index in [9.17, 15) is 13.2 Å². The summed E-state index contributed by atoms with van der Waals surface area (Å²) in [6.45, 7) is 11.2. The molecule has 0 spiro atoms. The standard InChI is InChI=1S/C17H23ClF3NO2/c1-10-9-14(24-17(19,20)21)7-8-15(10)22-12(3)11(2)16(5,18)13(4)23-6/h7-9,11-12,22H,4H2,1-3,5-6H3/t11-,12+,16?/m1/s1. The zero-order valence-corrected chi connectivity index (χ0v) is 15.2. The van der Waals surface area contributed by atoms with E-state index in [0.29, 0.717) is 17.0 Å². The lowest BCUT2D eigenvalue weighted by molar-refractivity contribution is -0.274. The summed E-state index contributed by atoms with van der Waals surface area (Å²) >= 11 is 6.53. The van der Waals surface area contributed by atoms with Gasteiger partial charge >= 0.3 is 6.36 Å². The molecule has 7 heteroatoms. The predicted octanol–water partition coefficient (Wildman–Crippen LogP) is 5.49. The summed E-state index contributed by atoms with van der Waals surface area (Å²) in [4.78, 5) is -0.783. The van der Waals surface area contributed by atoms with Gasteiger partial charge in [-0.2, -0.15) is 0 Å². The molecular weight excluding hydrogens is 343 g/mol. The van der Waals surface area contributed by atoms with E-state index in [0.717, 1.165) is 0 Å². The Balaban J connectivity index is 2.87. The maximum absolute atomic E-state index is 12.3. The third-order valence-electron chi connectivity index (χ3n) is 4.21. The van der Waals surface area contributed by atoms with E-state index in [2.05, 4.69) is 16.6 Å². The van der Waals surface area contributed by atoms with Crippen LogP contribution in [0.5, 0.6) is 5.75 Å². The summed E-state index contributed by atoms with van der Waals surface area (Å²) in [7, 11) is 1.51. The number of hydrogen-bond acceptors (Lipinski definition) is 3. The number of ether oxygens (including phenoxy) is 2. The van der Waals surface area contributed by atoms with Gasteiger partial charge in [0.1, 0.15) is 16.4 Å². The Morgan fingerprint density at radius 2 is 1.88 bits per heavy atom. The summed E-state index contributed by atoms with van der Waals surface area (Å²) in [5.41, 5.74) is 1.34. The third kappa shape index (κ3) is 5.23. The lowest BCUT2D eigenvalue weighted by atomic mass is 9.87. The normalized spacial score (nSPS) is 16.7. The first-order valence-electron chi connectivity index (χ1n) is 7.43. The number of aryl methyl sites for hydroxylation is 1. The van der Waals surface area contributed by atoms with Crippen molar-refractivity contribution >= 4 is 17.3 Å². The average molecular weight is 366 g/mol. The van der Waals surface area contributed by atoms with Gasteiger partial charge in [-0.15, -0.1) is 24.8 Å². The molecule has 0 saturated heterocycles. The Hall–Kier alpha value is -1.56. The van der Waals surface area contributed by atoms with Crippen LogP contribution in [-0.4, -0.2) is 24.4 Å². The highest BCUT2D eigenvalue weighted by atomic mass is 35.5. The molecule has 0 fully saturated rings. The van der Waals surface area contributed by atoms with E-state index in [4.69, 9.17) is 16.3 Å². The average Bonchev–Trinajstić information content (AvgIpc) is 2.46. The van der Waals surface area contributed by atoms with Crippen molar-refractivity contribution in [3.05, 3.63) is 36.1 Å². The van der Waals surface area contributed by atoms with Crippen molar-refractivity contribution in [1.29, 1.82) is 0 Å². The minimum Gasteiger partial charge on any atom is -0.500 e. The van der Waals surface area contributed by atoms with Crippen molar-refractivity contribution in [2.24, 2.45) is 5.92 Å². The Bertz CT molecular complexity index is 588. The molecule has 0 amide bonds. The fourth-order valence-electron chi connectivity index (χ4n) is 2.29. The predicted molar refractivity (Wildman–Crippen MR) is 90.5 cm³/mol. The third-order valence-corrected chi connectivity index (χ3v) is 4.77. The topological polar surface area (TPSA) is 30.5 Å². The molecule has 0 bridgehead atoms. The van der Waals surface area contributed by atoms with Gasteiger partial charge < -0.3 is 14.8 Å². The van der Waals surface area contributed by atoms with E-state index in [1.807, 2.05) is 20.8 Å². The second-order valence-corrected chi connectivity index (χ2v) is 6.73. The molecule has 3 atom stereocenters. The van der Waals surface area contributed by atoms with Crippen molar-refractivity contribution in [3.8, 4) is 5.75 Å². The number of allylic oxidation sites excluding steroid dienone is 1. The van der Waals surface area contributed by atoms with Crippen LogP contribution in [0, 0.1) is 12.8 Å². The van der Waals surface area contributed by atoms with Crippen LogP contribution in [0.25, 0.3) is 0 Å².